The number of halogens is 1. The minimum absolute atomic E-state index is 0.376. The highest BCUT2D eigenvalue weighted by Gasteiger charge is 2.42. The molecule has 0 bridgehead atoms. The number of fused-ring (bicyclic) bond motifs is 1. The van der Waals surface area contributed by atoms with E-state index in [1.807, 2.05) is 0 Å². The fourth-order valence-electron chi connectivity index (χ4n) is 1.27. The zero-order valence-electron chi connectivity index (χ0n) is 6.84. The van der Waals surface area contributed by atoms with Crippen molar-refractivity contribution in [3.8, 4) is 0 Å². The largest absolute Gasteiger partial charge is 0.374 e. The van der Waals surface area contributed by atoms with Crippen LogP contribution >= 0.6 is 15.9 Å². The van der Waals surface area contributed by atoms with Crippen molar-refractivity contribution in [3.05, 3.63) is 22.4 Å². The molecule has 0 radical (unpaired) electrons. The maximum atomic E-state index is 11.2. The van der Waals surface area contributed by atoms with Crippen LogP contribution in [0.3, 0.4) is 0 Å². The molecule has 68 valence electrons. The van der Waals surface area contributed by atoms with Crippen molar-refractivity contribution in [2.24, 2.45) is 0 Å². The molecular formula is C8H7BrN2O2. The molecule has 0 aliphatic carbocycles. The summed E-state index contributed by atoms with van der Waals surface area (Å²) < 4.78 is 0.768. The molecule has 13 heavy (non-hydrogen) atoms. The van der Waals surface area contributed by atoms with Crippen LogP contribution in [-0.4, -0.2) is 16.0 Å². The fourth-order valence-corrected chi connectivity index (χ4v) is 1.61. The lowest BCUT2D eigenvalue weighted by atomic mass is 10.0. The molecule has 0 fully saturated rings. The number of aliphatic hydroxyl groups is 1. The van der Waals surface area contributed by atoms with Crippen LogP contribution in [0.25, 0.3) is 0 Å². The maximum Gasteiger partial charge on any atom is 0.262 e. The van der Waals surface area contributed by atoms with Crippen LogP contribution in [0.5, 0.6) is 0 Å². The number of aromatic nitrogens is 1. The molecule has 1 aliphatic rings. The maximum absolute atomic E-state index is 11.2. The summed E-state index contributed by atoms with van der Waals surface area (Å²) in [5.74, 6) is -0.437. The Kier molecular flexibility index (Phi) is 1.68. The van der Waals surface area contributed by atoms with Gasteiger partial charge in [0.05, 0.1) is 5.69 Å². The Morgan fingerprint density at radius 3 is 3.08 bits per heavy atom. The van der Waals surface area contributed by atoms with Crippen molar-refractivity contribution in [2.75, 3.05) is 5.32 Å². The third-order valence-electron chi connectivity index (χ3n) is 2.01. The van der Waals surface area contributed by atoms with Gasteiger partial charge in [-0.25, -0.2) is 0 Å². The quantitative estimate of drug-likeness (QED) is 0.714. The van der Waals surface area contributed by atoms with Crippen LogP contribution in [0.15, 0.2) is 16.7 Å². The predicted molar refractivity (Wildman–Crippen MR) is 50.1 cm³/mol. The molecule has 0 saturated carbocycles. The van der Waals surface area contributed by atoms with Gasteiger partial charge >= 0.3 is 0 Å². The number of hydrogen-bond acceptors (Lipinski definition) is 3. The van der Waals surface area contributed by atoms with E-state index >= 15 is 0 Å². The molecule has 1 aliphatic heterocycles. The van der Waals surface area contributed by atoms with Gasteiger partial charge in [-0.1, -0.05) is 0 Å². The summed E-state index contributed by atoms with van der Waals surface area (Å²) in [6.07, 6.45) is 1.55. The van der Waals surface area contributed by atoms with E-state index in [0.717, 1.165) is 4.47 Å². The molecule has 1 atom stereocenters. The Bertz CT molecular complexity index is 390. The van der Waals surface area contributed by atoms with Gasteiger partial charge in [0.2, 0.25) is 0 Å². The zero-order valence-corrected chi connectivity index (χ0v) is 8.42. The second-order valence-electron chi connectivity index (χ2n) is 3.08. The molecule has 0 aromatic carbocycles. The Hall–Kier alpha value is -0.940. The first kappa shape index (κ1) is 8.65. The molecular weight excluding hydrogens is 236 g/mol. The first-order valence-corrected chi connectivity index (χ1v) is 4.51. The third-order valence-corrected chi connectivity index (χ3v) is 2.44. The normalized spacial score (nSPS) is 25.6. The Morgan fingerprint density at radius 2 is 2.38 bits per heavy atom. The van der Waals surface area contributed by atoms with Crippen LogP contribution in [0.2, 0.25) is 0 Å². The second-order valence-corrected chi connectivity index (χ2v) is 3.99. The molecule has 1 amide bonds. The molecule has 0 saturated heterocycles. The molecule has 1 unspecified atom stereocenters. The van der Waals surface area contributed by atoms with Gasteiger partial charge in [-0.3, -0.25) is 9.78 Å². The van der Waals surface area contributed by atoms with Crippen molar-refractivity contribution in [2.45, 2.75) is 12.5 Å². The average molecular weight is 243 g/mol. The van der Waals surface area contributed by atoms with Crippen molar-refractivity contribution in [1.29, 1.82) is 0 Å². The zero-order chi connectivity index (χ0) is 9.64. The molecule has 1 aromatic heterocycles. The lowest BCUT2D eigenvalue weighted by Gasteiger charge is -2.11. The van der Waals surface area contributed by atoms with Gasteiger partial charge in [0.15, 0.2) is 5.60 Å². The first-order chi connectivity index (χ1) is 6.01. The summed E-state index contributed by atoms with van der Waals surface area (Å²) in [5.41, 5.74) is -0.569. The monoisotopic (exact) mass is 242 g/mol. The summed E-state index contributed by atoms with van der Waals surface area (Å²) in [7, 11) is 0. The Morgan fingerprint density at radius 1 is 1.69 bits per heavy atom. The number of carbonyl (C=O) groups is 1. The van der Waals surface area contributed by atoms with Crippen molar-refractivity contribution in [1.82, 2.24) is 4.98 Å². The summed E-state index contributed by atoms with van der Waals surface area (Å²) in [5, 5.41) is 12.3. The lowest BCUT2D eigenvalue weighted by molar-refractivity contribution is -0.132. The van der Waals surface area contributed by atoms with Gasteiger partial charge in [-0.15, -0.1) is 0 Å². The number of rotatable bonds is 0. The van der Waals surface area contributed by atoms with Gasteiger partial charge in [-0.05, 0) is 28.9 Å². The molecule has 2 heterocycles. The highest BCUT2D eigenvalue weighted by Crippen LogP contribution is 2.34. The van der Waals surface area contributed by atoms with E-state index in [1.165, 1.54) is 6.92 Å². The fraction of sp³-hybridized carbons (Fsp3) is 0.250. The molecule has 0 spiro atoms. The molecule has 2 N–H and O–H groups in total. The van der Waals surface area contributed by atoms with Crippen molar-refractivity contribution >= 4 is 27.5 Å². The van der Waals surface area contributed by atoms with E-state index in [0.29, 0.717) is 11.4 Å². The van der Waals surface area contributed by atoms with Crippen molar-refractivity contribution < 1.29 is 9.90 Å². The van der Waals surface area contributed by atoms with Gasteiger partial charge in [-0.2, -0.15) is 0 Å². The first-order valence-electron chi connectivity index (χ1n) is 3.71. The minimum atomic E-state index is -1.50. The van der Waals surface area contributed by atoms with E-state index in [9.17, 15) is 9.90 Å². The van der Waals surface area contributed by atoms with E-state index < -0.39 is 11.5 Å². The van der Waals surface area contributed by atoms with Crippen LogP contribution in [0.1, 0.15) is 12.6 Å². The van der Waals surface area contributed by atoms with E-state index in [4.69, 9.17) is 0 Å². The van der Waals surface area contributed by atoms with Crippen LogP contribution in [0, 0.1) is 0 Å². The van der Waals surface area contributed by atoms with Gasteiger partial charge < -0.3 is 10.4 Å². The second kappa shape index (κ2) is 2.52. The number of carbonyl (C=O) groups excluding carboxylic acids is 1. The van der Waals surface area contributed by atoms with Gasteiger partial charge in [0.1, 0.15) is 5.69 Å². The molecule has 5 heteroatoms. The van der Waals surface area contributed by atoms with Crippen molar-refractivity contribution in [3.63, 3.8) is 0 Å². The summed E-state index contributed by atoms with van der Waals surface area (Å²) in [6.45, 7) is 1.43. The van der Waals surface area contributed by atoms with Crippen LogP contribution in [0.4, 0.5) is 5.69 Å². The van der Waals surface area contributed by atoms with Crippen LogP contribution in [-0.2, 0) is 10.4 Å². The molecule has 1 aromatic rings. The standard InChI is InChI=1S/C8H7BrN2O2/c1-8(13)6-5(11-7(8)12)2-4(9)3-10-6/h2-3,13H,1H3,(H,11,12). The number of pyridine rings is 1. The third kappa shape index (κ3) is 1.15. The molecule has 2 rings (SSSR count). The SMILES string of the molecule is CC1(O)C(=O)Nc2cc(Br)cnc21. The number of nitrogens with one attached hydrogen (secondary N) is 1. The number of amides is 1. The number of nitrogens with zero attached hydrogens (tertiary/aromatic N) is 1. The summed E-state index contributed by atoms with van der Waals surface area (Å²) >= 11 is 3.23. The predicted octanol–water partition coefficient (Wildman–Crippen LogP) is 1.00. The number of anilines is 1. The number of hydrogen-bond donors (Lipinski definition) is 2. The topological polar surface area (TPSA) is 62.2 Å². The highest BCUT2D eigenvalue weighted by atomic mass is 79.9. The Labute approximate surface area is 83.1 Å². The smallest absolute Gasteiger partial charge is 0.262 e. The highest BCUT2D eigenvalue weighted by molar-refractivity contribution is 9.10. The van der Waals surface area contributed by atoms with E-state index in [-0.39, 0.29) is 0 Å². The van der Waals surface area contributed by atoms with Gasteiger partial charge in [0.25, 0.3) is 5.91 Å². The summed E-state index contributed by atoms with van der Waals surface area (Å²) in [6, 6.07) is 1.71. The van der Waals surface area contributed by atoms with E-state index in [2.05, 4.69) is 26.2 Å². The lowest BCUT2D eigenvalue weighted by Crippen LogP contribution is -2.30. The minimum Gasteiger partial charge on any atom is -0.374 e. The summed E-state index contributed by atoms with van der Waals surface area (Å²) in [4.78, 5) is 15.2. The van der Waals surface area contributed by atoms with Crippen LogP contribution < -0.4 is 5.32 Å². The Balaban J connectivity index is 2.62. The average Bonchev–Trinajstić information content (AvgIpc) is 2.23. The molecule has 4 nitrogen and oxygen atoms in total. The van der Waals surface area contributed by atoms with Gasteiger partial charge in [0, 0.05) is 10.7 Å². The van der Waals surface area contributed by atoms with E-state index in [1.54, 1.807) is 12.3 Å².